The molecule has 1 rings (SSSR count). The Morgan fingerprint density at radius 1 is 1.70 bits per heavy atom. The summed E-state index contributed by atoms with van der Waals surface area (Å²) >= 11 is 7.20. The second-order valence-corrected chi connectivity index (χ2v) is 2.98. The van der Waals surface area contributed by atoms with Gasteiger partial charge in [-0.1, -0.05) is 17.7 Å². The van der Waals surface area contributed by atoms with Crippen LogP contribution in [0.4, 0.5) is 0 Å². The predicted molar refractivity (Wildman–Crippen MR) is 44.2 cm³/mol. The Balaban J connectivity index is 2.86. The van der Waals surface area contributed by atoms with E-state index >= 15 is 0 Å². The number of hydrogen-bond acceptors (Lipinski definition) is 2. The first-order valence-electron chi connectivity index (χ1n) is 2.69. The number of hydrogen-bond donors (Lipinski definition) is 0. The Hall–Kier alpha value is -0.600. The van der Waals surface area contributed by atoms with Crippen molar-refractivity contribution in [2.24, 2.45) is 0 Å². The largest absolute Gasteiger partial charge is 0.299 e. The number of allylic oxidation sites excluding steroid dienone is 1. The number of halogens is 1. The average molecular weight is 173 g/mol. The van der Waals surface area contributed by atoms with Crippen LogP contribution in [0.3, 0.4) is 0 Å². The van der Waals surface area contributed by atoms with Gasteiger partial charge in [0.2, 0.25) is 0 Å². The molecule has 1 aromatic heterocycles. The van der Waals surface area contributed by atoms with Crippen molar-refractivity contribution in [3.8, 4) is 0 Å². The van der Waals surface area contributed by atoms with E-state index in [9.17, 15) is 4.79 Å². The van der Waals surface area contributed by atoms with E-state index in [2.05, 4.69) is 0 Å². The first-order valence-corrected chi connectivity index (χ1v) is 3.95. The molecule has 0 aliphatic heterocycles. The molecule has 0 radical (unpaired) electrons. The minimum Gasteiger partial charge on any atom is -0.299 e. The zero-order chi connectivity index (χ0) is 7.40. The molecule has 0 atom stereocenters. The van der Waals surface area contributed by atoms with Gasteiger partial charge < -0.3 is 0 Å². The van der Waals surface area contributed by atoms with Gasteiger partial charge >= 0.3 is 0 Å². The summed E-state index contributed by atoms with van der Waals surface area (Å²) in [6.45, 7) is 0. The molecule has 0 aromatic carbocycles. The highest BCUT2D eigenvalue weighted by Gasteiger charge is 1.95. The van der Waals surface area contributed by atoms with E-state index in [4.69, 9.17) is 11.6 Å². The Bertz CT molecular complexity index is 238. The van der Waals surface area contributed by atoms with Crippen LogP contribution in [0.1, 0.15) is 4.88 Å². The van der Waals surface area contributed by atoms with E-state index in [0.29, 0.717) is 11.3 Å². The fraction of sp³-hybridized carbons (Fsp3) is 0. The standard InChI is InChI=1S/C7H5ClOS/c8-6(3-4-9)7-2-1-5-10-7/h1-5H. The quantitative estimate of drug-likeness (QED) is 0.495. The van der Waals surface area contributed by atoms with E-state index in [1.165, 1.54) is 17.4 Å². The van der Waals surface area contributed by atoms with Gasteiger partial charge in [-0.3, -0.25) is 4.79 Å². The molecule has 0 spiro atoms. The molecule has 0 saturated carbocycles. The van der Waals surface area contributed by atoms with Gasteiger partial charge in [0, 0.05) is 4.88 Å². The molecular weight excluding hydrogens is 168 g/mol. The van der Waals surface area contributed by atoms with Crippen LogP contribution in [-0.2, 0) is 4.79 Å². The molecule has 0 N–H and O–H groups in total. The minimum atomic E-state index is 0.505. The van der Waals surface area contributed by atoms with Gasteiger partial charge in [-0.05, 0) is 17.5 Å². The molecule has 10 heavy (non-hydrogen) atoms. The van der Waals surface area contributed by atoms with Gasteiger partial charge in [0.1, 0.15) is 6.29 Å². The van der Waals surface area contributed by atoms with Gasteiger partial charge in [0.15, 0.2) is 0 Å². The summed E-state index contributed by atoms with van der Waals surface area (Å²) in [6.07, 6.45) is 2.02. The third-order valence-corrected chi connectivity index (χ3v) is 2.32. The lowest BCUT2D eigenvalue weighted by atomic mass is 10.4. The summed E-state index contributed by atoms with van der Waals surface area (Å²) in [5, 5.41) is 2.42. The van der Waals surface area contributed by atoms with Crippen LogP contribution >= 0.6 is 22.9 Å². The molecule has 52 valence electrons. The second-order valence-electron chi connectivity index (χ2n) is 1.63. The van der Waals surface area contributed by atoms with Gasteiger partial charge in [-0.15, -0.1) is 11.3 Å². The SMILES string of the molecule is O=CC=C(Cl)c1cccs1. The lowest BCUT2D eigenvalue weighted by molar-refractivity contribution is -0.104. The third kappa shape index (κ3) is 1.69. The van der Waals surface area contributed by atoms with Crippen molar-refractivity contribution < 1.29 is 4.79 Å². The van der Waals surface area contributed by atoms with Crippen LogP contribution in [0.5, 0.6) is 0 Å². The molecule has 1 heterocycles. The fourth-order valence-corrected chi connectivity index (χ4v) is 1.45. The average Bonchev–Trinajstić information content (AvgIpc) is 2.38. The summed E-state index contributed by atoms with van der Waals surface area (Å²) in [6, 6.07) is 3.76. The topological polar surface area (TPSA) is 17.1 Å². The van der Waals surface area contributed by atoms with Gasteiger partial charge in [-0.25, -0.2) is 0 Å². The van der Waals surface area contributed by atoms with Crippen molar-refractivity contribution in [2.45, 2.75) is 0 Å². The normalized spacial score (nSPS) is 11.5. The fourth-order valence-electron chi connectivity index (χ4n) is 0.556. The van der Waals surface area contributed by atoms with E-state index < -0.39 is 0 Å². The van der Waals surface area contributed by atoms with Gasteiger partial charge in [0.05, 0.1) is 5.03 Å². The highest BCUT2D eigenvalue weighted by molar-refractivity contribution is 7.12. The maximum atomic E-state index is 9.95. The summed E-state index contributed by atoms with van der Waals surface area (Å²) in [4.78, 5) is 10.9. The first-order chi connectivity index (χ1) is 4.84. The molecule has 0 fully saturated rings. The Labute approximate surface area is 67.9 Å². The van der Waals surface area contributed by atoms with E-state index in [-0.39, 0.29) is 0 Å². The summed E-state index contributed by atoms with van der Waals surface area (Å²) in [7, 11) is 0. The molecule has 0 saturated heterocycles. The van der Waals surface area contributed by atoms with Crippen molar-refractivity contribution in [3.05, 3.63) is 28.5 Å². The predicted octanol–water partition coefficient (Wildman–Crippen LogP) is 2.53. The maximum absolute atomic E-state index is 9.95. The van der Waals surface area contributed by atoms with E-state index in [0.717, 1.165) is 4.88 Å². The van der Waals surface area contributed by atoms with E-state index in [1.54, 1.807) is 0 Å². The van der Waals surface area contributed by atoms with Crippen molar-refractivity contribution >= 4 is 34.3 Å². The lowest BCUT2D eigenvalue weighted by Crippen LogP contribution is -1.67. The molecule has 3 heteroatoms. The molecule has 0 aliphatic carbocycles. The smallest absolute Gasteiger partial charge is 0.144 e. The van der Waals surface area contributed by atoms with Crippen LogP contribution in [-0.4, -0.2) is 6.29 Å². The first kappa shape index (κ1) is 7.51. The summed E-state index contributed by atoms with van der Waals surface area (Å²) in [5.74, 6) is 0. The summed E-state index contributed by atoms with van der Waals surface area (Å²) in [5.41, 5.74) is 0. The zero-order valence-electron chi connectivity index (χ0n) is 5.08. The van der Waals surface area contributed by atoms with Crippen molar-refractivity contribution in [1.29, 1.82) is 0 Å². The maximum Gasteiger partial charge on any atom is 0.144 e. The molecule has 1 aromatic rings. The zero-order valence-corrected chi connectivity index (χ0v) is 6.65. The Kier molecular flexibility index (Phi) is 2.66. The van der Waals surface area contributed by atoms with Gasteiger partial charge in [-0.2, -0.15) is 0 Å². The van der Waals surface area contributed by atoms with Crippen LogP contribution in [0, 0.1) is 0 Å². The minimum absolute atomic E-state index is 0.505. The summed E-state index contributed by atoms with van der Waals surface area (Å²) < 4.78 is 0. The third-order valence-electron chi connectivity index (χ3n) is 0.971. The van der Waals surface area contributed by atoms with Crippen LogP contribution < -0.4 is 0 Å². The van der Waals surface area contributed by atoms with E-state index in [1.807, 2.05) is 17.5 Å². The van der Waals surface area contributed by atoms with Gasteiger partial charge in [0.25, 0.3) is 0 Å². The second kappa shape index (κ2) is 3.54. The van der Waals surface area contributed by atoms with Crippen molar-refractivity contribution in [2.75, 3.05) is 0 Å². The highest BCUT2D eigenvalue weighted by atomic mass is 35.5. The number of thiophene rings is 1. The highest BCUT2D eigenvalue weighted by Crippen LogP contribution is 2.22. The lowest BCUT2D eigenvalue weighted by Gasteiger charge is -1.86. The number of carbonyl (C=O) groups excluding carboxylic acids is 1. The van der Waals surface area contributed by atoms with Crippen LogP contribution in [0.2, 0.25) is 0 Å². The monoisotopic (exact) mass is 172 g/mol. The van der Waals surface area contributed by atoms with Crippen LogP contribution in [0.15, 0.2) is 23.6 Å². The molecule has 1 nitrogen and oxygen atoms in total. The number of rotatable bonds is 2. The Morgan fingerprint density at radius 2 is 2.50 bits per heavy atom. The molecular formula is C7H5ClOS. The molecule has 0 aliphatic rings. The molecule has 0 amide bonds. The number of carbonyl (C=O) groups is 1. The molecule has 0 unspecified atom stereocenters. The Morgan fingerprint density at radius 3 is 3.00 bits per heavy atom. The van der Waals surface area contributed by atoms with Crippen LogP contribution in [0.25, 0.3) is 5.03 Å². The van der Waals surface area contributed by atoms with Crippen molar-refractivity contribution in [3.63, 3.8) is 0 Å². The van der Waals surface area contributed by atoms with Crippen molar-refractivity contribution in [1.82, 2.24) is 0 Å². The molecule has 0 bridgehead atoms. The number of aldehydes is 1.